The number of amides is 3. The molecular weight excluding hydrogens is 242 g/mol. The highest BCUT2D eigenvalue weighted by Crippen LogP contribution is 2.11. The van der Waals surface area contributed by atoms with Gasteiger partial charge in [0.15, 0.2) is 0 Å². The topological polar surface area (TPSA) is 43.9 Å². The average molecular weight is 269 g/mol. The van der Waals surface area contributed by atoms with Crippen molar-refractivity contribution in [3.8, 4) is 0 Å². The highest BCUT2D eigenvalue weighted by Gasteiger charge is 2.32. The molecule has 2 saturated heterocycles. The summed E-state index contributed by atoms with van der Waals surface area (Å²) < 4.78 is 0. The number of hydrogen-bond acceptors (Lipinski definition) is 3. The lowest BCUT2D eigenvalue weighted by Crippen LogP contribution is -2.34. The Labute approximate surface area is 116 Å². The molecule has 0 saturated carbocycles. The number of imide groups is 1. The van der Waals surface area contributed by atoms with Crippen LogP contribution in [0.1, 0.15) is 39.5 Å². The Morgan fingerprint density at radius 1 is 1.00 bits per heavy atom. The summed E-state index contributed by atoms with van der Waals surface area (Å²) >= 11 is 0. The van der Waals surface area contributed by atoms with Crippen molar-refractivity contribution in [1.82, 2.24) is 14.7 Å². The molecular formula is C14H27N3O2. The lowest BCUT2D eigenvalue weighted by atomic mass is 10.1. The largest absolute Gasteiger partial charge is 0.326 e. The predicted octanol–water partition coefficient (Wildman–Crippen LogP) is 1.78. The maximum absolute atomic E-state index is 11.6. The first-order valence-electron chi connectivity index (χ1n) is 6.96. The molecule has 0 radical (unpaired) electrons. The summed E-state index contributed by atoms with van der Waals surface area (Å²) in [5.74, 6) is -0.0551. The molecule has 0 spiro atoms. The Balaban J connectivity index is 0.00000180. The quantitative estimate of drug-likeness (QED) is 0.564. The van der Waals surface area contributed by atoms with Crippen LogP contribution < -0.4 is 0 Å². The Kier molecular flexibility index (Phi) is 6.28. The van der Waals surface area contributed by atoms with Crippen molar-refractivity contribution in [2.75, 3.05) is 39.8 Å². The summed E-state index contributed by atoms with van der Waals surface area (Å²) in [5, 5.41) is 0. The first kappa shape index (κ1) is 16.0. The molecule has 0 N–H and O–H groups in total. The van der Waals surface area contributed by atoms with E-state index in [0.717, 1.165) is 19.4 Å². The molecule has 5 heteroatoms. The molecule has 3 amide bonds. The third-order valence-electron chi connectivity index (χ3n) is 3.79. The first-order chi connectivity index (χ1) is 8.68. The number of hydrogen-bond donors (Lipinski definition) is 0. The van der Waals surface area contributed by atoms with Crippen LogP contribution in [0.25, 0.3) is 0 Å². The Morgan fingerprint density at radius 3 is 2.21 bits per heavy atom. The average Bonchev–Trinajstić information content (AvgIpc) is 2.61. The molecule has 110 valence electrons. The molecule has 2 heterocycles. The second kappa shape index (κ2) is 7.48. The molecule has 0 aromatic carbocycles. The summed E-state index contributed by atoms with van der Waals surface area (Å²) in [5.41, 5.74) is 0. The van der Waals surface area contributed by atoms with E-state index in [2.05, 4.69) is 4.90 Å². The van der Waals surface area contributed by atoms with Gasteiger partial charge in [-0.3, -0.25) is 9.69 Å². The van der Waals surface area contributed by atoms with Crippen molar-refractivity contribution < 1.29 is 9.59 Å². The number of nitrogens with zero attached hydrogens (tertiary/aromatic N) is 3. The Hall–Kier alpha value is -1.10. The molecule has 0 aromatic rings. The van der Waals surface area contributed by atoms with Crippen molar-refractivity contribution in [2.24, 2.45) is 0 Å². The second-order valence-corrected chi connectivity index (χ2v) is 5.29. The van der Waals surface area contributed by atoms with Gasteiger partial charge in [0.25, 0.3) is 0 Å². The van der Waals surface area contributed by atoms with Gasteiger partial charge in [-0.25, -0.2) is 4.79 Å². The smallest absolute Gasteiger partial charge is 0.318 e. The highest BCUT2D eigenvalue weighted by molar-refractivity contribution is 6.01. The fourth-order valence-corrected chi connectivity index (χ4v) is 2.68. The van der Waals surface area contributed by atoms with E-state index in [1.165, 1.54) is 42.2 Å². The number of likely N-dealkylation sites (tertiary alicyclic amines) is 1. The van der Waals surface area contributed by atoms with Gasteiger partial charge >= 0.3 is 6.03 Å². The van der Waals surface area contributed by atoms with Crippen LogP contribution in [0, 0.1) is 0 Å². The lowest BCUT2D eigenvalue weighted by Gasteiger charge is -2.26. The maximum atomic E-state index is 11.6. The summed E-state index contributed by atoms with van der Waals surface area (Å²) in [7, 11) is 1.67. The molecule has 0 bridgehead atoms. The van der Waals surface area contributed by atoms with Gasteiger partial charge in [-0.1, -0.05) is 13.8 Å². The monoisotopic (exact) mass is 269 g/mol. The maximum Gasteiger partial charge on any atom is 0.326 e. The molecule has 2 rings (SSSR count). The van der Waals surface area contributed by atoms with Crippen LogP contribution in [0.2, 0.25) is 0 Å². The molecule has 0 aromatic heterocycles. The van der Waals surface area contributed by atoms with Crippen LogP contribution in [-0.2, 0) is 4.79 Å². The Bertz CT molecular complexity index is 314. The van der Waals surface area contributed by atoms with Crippen LogP contribution in [-0.4, -0.2) is 66.4 Å². The first-order valence-corrected chi connectivity index (χ1v) is 6.96. The van der Waals surface area contributed by atoms with E-state index in [1.54, 1.807) is 7.05 Å². The number of carbonyl (C=O) groups excluding carboxylic acids is 2. The van der Waals surface area contributed by atoms with Gasteiger partial charge in [0, 0.05) is 13.6 Å². The van der Waals surface area contributed by atoms with E-state index in [4.69, 9.17) is 0 Å². The number of carbonyl (C=O) groups is 2. The standard InChI is InChI=1S/C13H23N3O2.CH4/c1-14-11-12(17)16(13(14)18)10-6-5-9-15-7-3-2-4-8-15;/h2-11H2,1H3;1H4. The molecule has 2 aliphatic heterocycles. The van der Waals surface area contributed by atoms with Gasteiger partial charge in [-0.05, 0) is 45.3 Å². The summed E-state index contributed by atoms with van der Waals surface area (Å²) in [4.78, 5) is 28.5. The zero-order chi connectivity index (χ0) is 13.0. The number of piperidine rings is 1. The van der Waals surface area contributed by atoms with E-state index < -0.39 is 0 Å². The third kappa shape index (κ3) is 4.20. The molecule has 2 aliphatic rings. The van der Waals surface area contributed by atoms with Crippen LogP contribution in [0.4, 0.5) is 4.79 Å². The number of unbranched alkanes of at least 4 members (excludes halogenated alkanes) is 1. The van der Waals surface area contributed by atoms with E-state index in [0.29, 0.717) is 6.54 Å². The van der Waals surface area contributed by atoms with E-state index in [-0.39, 0.29) is 25.9 Å². The molecule has 5 nitrogen and oxygen atoms in total. The molecule has 2 fully saturated rings. The van der Waals surface area contributed by atoms with E-state index >= 15 is 0 Å². The van der Waals surface area contributed by atoms with Gasteiger partial charge in [0.2, 0.25) is 5.91 Å². The molecule has 0 atom stereocenters. The fraction of sp³-hybridized carbons (Fsp3) is 0.857. The number of likely N-dealkylation sites (N-methyl/N-ethyl adjacent to an activating group) is 1. The SMILES string of the molecule is C.CN1CC(=O)N(CCCCN2CCCCC2)C1=O. The lowest BCUT2D eigenvalue weighted by molar-refractivity contribution is -0.125. The minimum absolute atomic E-state index is 0. The summed E-state index contributed by atoms with van der Waals surface area (Å²) in [6, 6.07) is -0.141. The summed E-state index contributed by atoms with van der Waals surface area (Å²) in [6.07, 6.45) is 5.98. The normalized spacial score (nSPS) is 20.9. The van der Waals surface area contributed by atoms with Crippen molar-refractivity contribution in [2.45, 2.75) is 39.5 Å². The number of urea groups is 1. The fourth-order valence-electron chi connectivity index (χ4n) is 2.68. The zero-order valence-corrected chi connectivity index (χ0v) is 11.2. The third-order valence-corrected chi connectivity index (χ3v) is 3.79. The highest BCUT2D eigenvalue weighted by atomic mass is 16.2. The minimum Gasteiger partial charge on any atom is -0.318 e. The van der Waals surface area contributed by atoms with Gasteiger partial charge < -0.3 is 9.80 Å². The summed E-state index contributed by atoms with van der Waals surface area (Å²) in [6.45, 7) is 4.35. The van der Waals surface area contributed by atoms with Gasteiger partial charge in [-0.15, -0.1) is 0 Å². The van der Waals surface area contributed by atoms with E-state index in [9.17, 15) is 9.59 Å². The molecule has 0 unspecified atom stereocenters. The number of rotatable bonds is 5. The van der Waals surface area contributed by atoms with E-state index in [1.807, 2.05) is 0 Å². The zero-order valence-electron chi connectivity index (χ0n) is 11.2. The Morgan fingerprint density at radius 2 is 1.63 bits per heavy atom. The van der Waals surface area contributed by atoms with Crippen LogP contribution >= 0.6 is 0 Å². The van der Waals surface area contributed by atoms with Crippen LogP contribution in [0.3, 0.4) is 0 Å². The van der Waals surface area contributed by atoms with Crippen molar-refractivity contribution >= 4 is 11.9 Å². The van der Waals surface area contributed by atoms with Gasteiger partial charge in [-0.2, -0.15) is 0 Å². The van der Waals surface area contributed by atoms with Gasteiger partial charge in [0.1, 0.15) is 6.54 Å². The van der Waals surface area contributed by atoms with Crippen LogP contribution in [0.15, 0.2) is 0 Å². The van der Waals surface area contributed by atoms with Crippen molar-refractivity contribution in [3.05, 3.63) is 0 Å². The van der Waals surface area contributed by atoms with Crippen molar-refractivity contribution in [3.63, 3.8) is 0 Å². The minimum atomic E-state index is -0.141. The molecule has 0 aliphatic carbocycles. The van der Waals surface area contributed by atoms with Crippen LogP contribution in [0.5, 0.6) is 0 Å². The van der Waals surface area contributed by atoms with Gasteiger partial charge in [0.05, 0.1) is 0 Å². The predicted molar refractivity (Wildman–Crippen MR) is 76.0 cm³/mol. The van der Waals surface area contributed by atoms with Crippen molar-refractivity contribution in [1.29, 1.82) is 0 Å². The molecule has 19 heavy (non-hydrogen) atoms. The second-order valence-electron chi connectivity index (χ2n) is 5.29.